The first-order valence-electron chi connectivity index (χ1n) is 12.7. The zero-order valence-electron chi connectivity index (χ0n) is 21.5. The lowest BCUT2D eigenvalue weighted by Crippen LogP contribution is -2.67. The topological polar surface area (TPSA) is 119 Å². The maximum atomic E-state index is 13.9. The molecule has 9 atom stereocenters. The number of Topliss-reactive ketones (excluding diaryl/α,β-unsaturated/α-hetero) is 1. The number of ketones is 1. The van der Waals surface area contributed by atoms with Gasteiger partial charge in [-0.15, -0.1) is 0 Å². The van der Waals surface area contributed by atoms with Crippen LogP contribution in [0.15, 0.2) is 0 Å². The van der Waals surface area contributed by atoms with Crippen molar-refractivity contribution in [1.29, 1.82) is 0 Å². The second-order valence-corrected chi connectivity index (χ2v) is 11.4. The molecule has 3 fully saturated rings. The molecule has 3 aliphatic rings. The van der Waals surface area contributed by atoms with E-state index in [1.807, 2.05) is 20.8 Å². The third-order valence-corrected chi connectivity index (χ3v) is 8.45. The molecular weight excluding hydrogens is 440 g/mol. The van der Waals surface area contributed by atoms with Crippen molar-refractivity contribution < 1.29 is 38.8 Å². The summed E-state index contributed by atoms with van der Waals surface area (Å²) in [6.07, 6.45) is 1.54. The van der Waals surface area contributed by atoms with Gasteiger partial charge in [0.25, 0.3) is 0 Å². The highest BCUT2D eigenvalue weighted by Gasteiger charge is 2.63. The third kappa shape index (κ3) is 5.05. The van der Waals surface area contributed by atoms with Crippen LogP contribution in [0.3, 0.4) is 0 Å². The molecule has 2 saturated heterocycles. The Labute approximate surface area is 202 Å². The Balaban J connectivity index is 2.16. The van der Waals surface area contributed by atoms with E-state index in [9.17, 15) is 24.6 Å². The van der Waals surface area contributed by atoms with Crippen LogP contribution in [0.5, 0.6) is 0 Å². The molecule has 0 aromatic rings. The maximum Gasteiger partial charge on any atom is 0.306 e. The summed E-state index contributed by atoms with van der Waals surface area (Å²) in [5, 5.41) is 21.3. The average Bonchev–Trinajstić information content (AvgIpc) is 2.71. The molecule has 8 heteroatoms. The number of esters is 2. The third-order valence-electron chi connectivity index (χ3n) is 8.45. The van der Waals surface area contributed by atoms with Crippen LogP contribution in [0.25, 0.3) is 0 Å². The van der Waals surface area contributed by atoms with Gasteiger partial charge in [0.05, 0.1) is 17.6 Å². The van der Waals surface area contributed by atoms with Crippen LogP contribution in [0.4, 0.5) is 0 Å². The first-order chi connectivity index (χ1) is 15.8. The average molecular weight is 483 g/mol. The van der Waals surface area contributed by atoms with Gasteiger partial charge in [0, 0.05) is 32.3 Å². The van der Waals surface area contributed by atoms with Gasteiger partial charge >= 0.3 is 11.9 Å². The SMILES string of the molecule is CCCC(=O)OC1(C)CCC2OC1C1C(C(C)CO)CCC(C)(OC(C)=O)C1C(=O)CC2(C)O. The fourth-order valence-corrected chi connectivity index (χ4v) is 6.76. The molecule has 194 valence electrons. The van der Waals surface area contributed by atoms with Gasteiger partial charge in [0.2, 0.25) is 0 Å². The summed E-state index contributed by atoms with van der Waals surface area (Å²) in [4.78, 5) is 38.6. The van der Waals surface area contributed by atoms with Gasteiger partial charge in [-0.05, 0) is 64.7 Å². The molecule has 9 unspecified atom stereocenters. The molecule has 0 amide bonds. The minimum atomic E-state index is -1.40. The monoisotopic (exact) mass is 482 g/mol. The normalized spacial score (nSPS) is 43.2. The van der Waals surface area contributed by atoms with Crippen molar-refractivity contribution in [3.63, 3.8) is 0 Å². The van der Waals surface area contributed by atoms with Gasteiger partial charge in [-0.1, -0.05) is 13.8 Å². The minimum absolute atomic E-state index is 0.0629. The summed E-state index contributed by atoms with van der Waals surface area (Å²) in [6.45, 7) is 10.3. The molecule has 2 heterocycles. The molecule has 2 bridgehead atoms. The molecule has 34 heavy (non-hydrogen) atoms. The summed E-state index contributed by atoms with van der Waals surface area (Å²) >= 11 is 0. The largest absolute Gasteiger partial charge is 0.459 e. The quantitative estimate of drug-likeness (QED) is 0.555. The predicted octanol–water partition coefficient (Wildman–Crippen LogP) is 2.95. The van der Waals surface area contributed by atoms with Gasteiger partial charge < -0.3 is 24.4 Å². The molecule has 0 spiro atoms. The Kier molecular flexibility index (Phi) is 7.85. The van der Waals surface area contributed by atoms with Crippen LogP contribution in [-0.2, 0) is 28.6 Å². The maximum absolute atomic E-state index is 13.9. The highest BCUT2D eigenvalue weighted by molar-refractivity contribution is 5.84. The first-order valence-corrected chi connectivity index (χ1v) is 12.7. The van der Waals surface area contributed by atoms with Crippen LogP contribution in [0.2, 0.25) is 0 Å². The summed E-state index contributed by atoms with van der Waals surface area (Å²) in [6, 6.07) is 0. The van der Waals surface area contributed by atoms with Gasteiger partial charge in [-0.25, -0.2) is 0 Å². The molecule has 8 nitrogen and oxygen atoms in total. The lowest BCUT2D eigenvalue weighted by atomic mass is 9.54. The number of hydrogen-bond acceptors (Lipinski definition) is 8. The van der Waals surface area contributed by atoms with E-state index < -0.39 is 46.8 Å². The summed E-state index contributed by atoms with van der Waals surface area (Å²) in [5.41, 5.74) is -3.50. The van der Waals surface area contributed by atoms with E-state index in [-0.39, 0.29) is 43.0 Å². The van der Waals surface area contributed by atoms with Crippen LogP contribution in [0, 0.1) is 23.7 Å². The Bertz CT molecular complexity index is 794. The smallest absolute Gasteiger partial charge is 0.306 e. The van der Waals surface area contributed by atoms with E-state index >= 15 is 0 Å². The van der Waals surface area contributed by atoms with E-state index in [1.165, 1.54) is 6.92 Å². The zero-order chi connectivity index (χ0) is 25.5. The molecule has 1 aliphatic carbocycles. The number of hydrogen-bond donors (Lipinski definition) is 2. The highest BCUT2D eigenvalue weighted by atomic mass is 16.6. The Morgan fingerprint density at radius 1 is 1.15 bits per heavy atom. The Morgan fingerprint density at radius 3 is 2.38 bits per heavy atom. The Hall–Kier alpha value is -1.51. The summed E-state index contributed by atoms with van der Waals surface area (Å²) in [5.74, 6) is -2.45. The molecular formula is C26H42O8. The number of aliphatic hydroxyl groups is 2. The second-order valence-electron chi connectivity index (χ2n) is 11.4. The number of ether oxygens (including phenoxy) is 3. The molecule has 0 aromatic heterocycles. The molecule has 3 rings (SSSR count). The zero-order valence-corrected chi connectivity index (χ0v) is 21.5. The summed E-state index contributed by atoms with van der Waals surface area (Å²) < 4.78 is 18.4. The number of carbonyl (C=O) groups excluding carboxylic acids is 3. The lowest BCUT2D eigenvalue weighted by molar-refractivity contribution is -0.270. The predicted molar refractivity (Wildman–Crippen MR) is 124 cm³/mol. The number of rotatable bonds is 6. The standard InChI is InChI=1S/C26H42O8/c1-7-8-20(30)34-26(6)12-10-19-24(4,31)13-18(29)22-21(23(26)32-19)17(15(2)14-27)9-11-25(22,5)33-16(3)28/h15,17,19,21-23,27,31H,7-14H2,1-6H3. The lowest BCUT2D eigenvalue weighted by Gasteiger charge is -2.58. The fraction of sp³-hybridized carbons (Fsp3) is 0.885. The van der Waals surface area contributed by atoms with Crippen molar-refractivity contribution in [3.05, 3.63) is 0 Å². The van der Waals surface area contributed by atoms with Crippen molar-refractivity contribution in [1.82, 2.24) is 0 Å². The van der Waals surface area contributed by atoms with Gasteiger partial charge in [-0.3, -0.25) is 14.4 Å². The van der Waals surface area contributed by atoms with E-state index in [4.69, 9.17) is 14.2 Å². The molecule has 0 aromatic carbocycles. The highest BCUT2D eigenvalue weighted by Crippen LogP contribution is 2.55. The van der Waals surface area contributed by atoms with Crippen LogP contribution < -0.4 is 0 Å². The number of carbonyl (C=O) groups is 3. The van der Waals surface area contributed by atoms with E-state index in [0.29, 0.717) is 32.1 Å². The van der Waals surface area contributed by atoms with Crippen molar-refractivity contribution in [3.8, 4) is 0 Å². The van der Waals surface area contributed by atoms with Crippen LogP contribution in [0.1, 0.15) is 86.5 Å². The summed E-state index contributed by atoms with van der Waals surface area (Å²) in [7, 11) is 0. The van der Waals surface area contributed by atoms with Gasteiger partial charge in [0.15, 0.2) is 0 Å². The number of aliphatic hydroxyl groups excluding tert-OH is 1. The van der Waals surface area contributed by atoms with E-state index in [2.05, 4.69) is 0 Å². The minimum Gasteiger partial charge on any atom is -0.459 e. The van der Waals surface area contributed by atoms with Crippen molar-refractivity contribution in [2.24, 2.45) is 23.7 Å². The van der Waals surface area contributed by atoms with Crippen molar-refractivity contribution in [2.45, 2.75) is 115 Å². The van der Waals surface area contributed by atoms with E-state index in [0.717, 1.165) is 0 Å². The molecule has 2 N–H and O–H groups in total. The second kappa shape index (κ2) is 9.86. The molecule has 2 aliphatic heterocycles. The van der Waals surface area contributed by atoms with Crippen LogP contribution in [-0.4, -0.2) is 63.6 Å². The van der Waals surface area contributed by atoms with E-state index in [1.54, 1.807) is 13.8 Å². The van der Waals surface area contributed by atoms with Crippen molar-refractivity contribution >= 4 is 17.7 Å². The Morgan fingerprint density at radius 2 is 1.79 bits per heavy atom. The number of fused-ring (bicyclic) bond motifs is 4. The van der Waals surface area contributed by atoms with Gasteiger partial charge in [0.1, 0.15) is 23.1 Å². The molecule has 1 saturated carbocycles. The first kappa shape index (κ1) is 27.1. The molecule has 0 radical (unpaired) electrons. The fourth-order valence-electron chi connectivity index (χ4n) is 6.76. The van der Waals surface area contributed by atoms with Crippen molar-refractivity contribution in [2.75, 3.05) is 6.61 Å². The van der Waals surface area contributed by atoms with Gasteiger partial charge in [-0.2, -0.15) is 0 Å². The van der Waals surface area contributed by atoms with Crippen LogP contribution >= 0.6 is 0 Å².